The minimum atomic E-state index is -0.912. The number of rotatable bonds is 6. The van der Waals surface area contributed by atoms with E-state index >= 15 is 0 Å². The molecule has 21 heavy (non-hydrogen) atoms. The number of piperidine rings is 1. The Morgan fingerprint density at radius 2 is 2.10 bits per heavy atom. The van der Waals surface area contributed by atoms with Crippen molar-refractivity contribution in [3.05, 3.63) is 29.8 Å². The largest absolute Gasteiger partial charge is 0.492 e. The van der Waals surface area contributed by atoms with Crippen molar-refractivity contribution in [3.8, 4) is 5.75 Å². The van der Waals surface area contributed by atoms with Crippen molar-refractivity contribution in [3.63, 3.8) is 0 Å². The molecule has 1 heterocycles. The standard InChI is InChI=1S/C16H24N2O3/c1-17(2)14-4-3-9-18(12-14)10-11-21-15-7-5-13(6-8-15)16(19)20/h5-8,14H,3-4,9-12H2,1-2H3,(H,19,20). The number of likely N-dealkylation sites (N-methyl/N-ethyl adjacent to an activating group) is 1. The number of carboxylic acid groups (broad SMARTS) is 1. The molecule has 0 amide bonds. The van der Waals surface area contributed by atoms with Gasteiger partial charge in [-0.3, -0.25) is 4.90 Å². The first kappa shape index (κ1) is 15.8. The normalized spacial score (nSPS) is 19.7. The Balaban J connectivity index is 1.75. The summed E-state index contributed by atoms with van der Waals surface area (Å²) >= 11 is 0. The molecule has 0 aromatic heterocycles. The Hall–Kier alpha value is -1.59. The minimum Gasteiger partial charge on any atom is -0.492 e. The quantitative estimate of drug-likeness (QED) is 0.866. The molecule has 0 aliphatic carbocycles. The molecule has 0 spiro atoms. The van der Waals surface area contributed by atoms with Gasteiger partial charge in [0.2, 0.25) is 0 Å². The number of ether oxygens (including phenoxy) is 1. The average Bonchev–Trinajstić information content (AvgIpc) is 2.48. The Morgan fingerprint density at radius 3 is 2.71 bits per heavy atom. The first-order valence-corrected chi connectivity index (χ1v) is 7.41. The Kier molecular flexibility index (Phi) is 5.59. The third kappa shape index (κ3) is 4.72. The summed E-state index contributed by atoms with van der Waals surface area (Å²) in [5, 5.41) is 8.84. The summed E-state index contributed by atoms with van der Waals surface area (Å²) in [6, 6.07) is 7.19. The molecule has 1 unspecified atom stereocenters. The maximum Gasteiger partial charge on any atom is 0.335 e. The highest BCUT2D eigenvalue weighted by molar-refractivity contribution is 5.87. The van der Waals surface area contributed by atoms with Crippen LogP contribution in [0.5, 0.6) is 5.75 Å². The van der Waals surface area contributed by atoms with E-state index in [-0.39, 0.29) is 5.56 Å². The van der Waals surface area contributed by atoms with Crippen molar-refractivity contribution in [2.45, 2.75) is 18.9 Å². The van der Waals surface area contributed by atoms with Crippen LogP contribution in [0.2, 0.25) is 0 Å². The smallest absolute Gasteiger partial charge is 0.335 e. The van der Waals surface area contributed by atoms with Crippen molar-refractivity contribution in [2.24, 2.45) is 0 Å². The van der Waals surface area contributed by atoms with Gasteiger partial charge in [0, 0.05) is 19.1 Å². The van der Waals surface area contributed by atoms with Crippen molar-refractivity contribution in [1.82, 2.24) is 9.80 Å². The zero-order valence-corrected chi connectivity index (χ0v) is 12.8. The highest BCUT2D eigenvalue weighted by Gasteiger charge is 2.20. The molecule has 0 saturated carbocycles. The second kappa shape index (κ2) is 7.43. The van der Waals surface area contributed by atoms with E-state index in [0.717, 1.165) is 25.4 Å². The fourth-order valence-electron chi connectivity index (χ4n) is 2.64. The van der Waals surface area contributed by atoms with Crippen molar-refractivity contribution >= 4 is 5.97 Å². The second-order valence-electron chi connectivity index (χ2n) is 5.74. The van der Waals surface area contributed by atoms with Gasteiger partial charge < -0.3 is 14.7 Å². The average molecular weight is 292 g/mol. The fourth-order valence-corrected chi connectivity index (χ4v) is 2.64. The van der Waals surface area contributed by atoms with Crippen LogP contribution in [0, 0.1) is 0 Å². The lowest BCUT2D eigenvalue weighted by Crippen LogP contribution is -2.46. The lowest BCUT2D eigenvalue weighted by Gasteiger charge is -2.36. The van der Waals surface area contributed by atoms with Crippen LogP contribution >= 0.6 is 0 Å². The maximum atomic E-state index is 10.8. The van der Waals surface area contributed by atoms with Gasteiger partial charge in [-0.1, -0.05) is 0 Å². The Labute approximate surface area is 126 Å². The van der Waals surface area contributed by atoms with Crippen LogP contribution in [-0.4, -0.2) is 67.3 Å². The van der Waals surface area contributed by atoms with E-state index in [0.29, 0.717) is 12.6 Å². The molecule has 1 atom stereocenters. The molecule has 2 rings (SSSR count). The second-order valence-corrected chi connectivity index (χ2v) is 5.74. The van der Waals surface area contributed by atoms with Crippen LogP contribution in [0.25, 0.3) is 0 Å². The lowest BCUT2D eigenvalue weighted by atomic mass is 10.1. The van der Waals surface area contributed by atoms with Crippen molar-refractivity contribution in [2.75, 3.05) is 40.3 Å². The summed E-state index contributed by atoms with van der Waals surface area (Å²) in [5.41, 5.74) is 0.284. The van der Waals surface area contributed by atoms with Crippen LogP contribution in [0.3, 0.4) is 0 Å². The Bertz CT molecular complexity index is 459. The van der Waals surface area contributed by atoms with E-state index < -0.39 is 5.97 Å². The molecule has 1 N–H and O–H groups in total. The first-order valence-electron chi connectivity index (χ1n) is 7.41. The van der Waals surface area contributed by atoms with E-state index in [4.69, 9.17) is 9.84 Å². The third-order valence-corrected chi connectivity index (χ3v) is 3.99. The van der Waals surface area contributed by atoms with Gasteiger partial charge in [0.1, 0.15) is 12.4 Å². The molecule has 1 saturated heterocycles. The van der Waals surface area contributed by atoms with Gasteiger partial charge >= 0.3 is 5.97 Å². The SMILES string of the molecule is CN(C)C1CCCN(CCOc2ccc(C(=O)O)cc2)C1. The highest BCUT2D eigenvalue weighted by Crippen LogP contribution is 2.15. The molecule has 1 fully saturated rings. The predicted octanol–water partition coefficient (Wildman–Crippen LogP) is 1.79. The molecule has 1 aromatic rings. The number of benzene rings is 1. The van der Waals surface area contributed by atoms with Crippen LogP contribution in [-0.2, 0) is 0 Å². The molecular weight excluding hydrogens is 268 g/mol. The highest BCUT2D eigenvalue weighted by atomic mass is 16.5. The van der Waals surface area contributed by atoms with Gasteiger partial charge in [0.25, 0.3) is 0 Å². The van der Waals surface area contributed by atoms with Gasteiger partial charge in [-0.2, -0.15) is 0 Å². The number of carboxylic acids is 1. The van der Waals surface area contributed by atoms with Crippen molar-refractivity contribution in [1.29, 1.82) is 0 Å². The number of hydrogen-bond acceptors (Lipinski definition) is 4. The monoisotopic (exact) mass is 292 g/mol. The zero-order valence-electron chi connectivity index (χ0n) is 12.8. The molecule has 1 aliphatic rings. The molecule has 0 bridgehead atoms. The summed E-state index contributed by atoms with van der Waals surface area (Å²) in [7, 11) is 4.27. The predicted molar refractivity (Wildman–Crippen MR) is 82.0 cm³/mol. The molecular formula is C16H24N2O3. The summed E-state index contributed by atoms with van der Waals surface area (Å²) in [5.74, 6) is -0.189. The van der Waals surface area contributed by atoms with Gasteiger partial charge in [0.05, 0.1) is 5.56 Å². The third-order valence-electron chi connectivity index (χ3n) is 3.99. The summed E-state index contributed by atoms with van der Waals surface area (Å²) in [6.45, 7) is 3.76. The van der Waals surface area contributed by atoms with E-state index in [9.17, 15) is 4.79 Å². The molecule has 116 valence electrons. The van der Waals surface area contributed by atoms with Crippen molar-refractivity contribution < 1.29 is 14.6 Å². The van der Waals surface area contributed by atoms with Gasteiger partial charge in [-0.15, -0.1) is 0 Å². The molecule has 5 nitrogen and oxygen atoms in total. The number of carbonyl (C=O) groups is 1. The van der Waals surface area contributed by atoms with E-state index in [1.165, 1.54) is 12.8 Å². The van der Waals surface area contributed by atoms with E-state index in [2.05, 4.69) is 23.9 Å². The molecule has 0 radical (unpaired) electrons. The summed E-state index contributed by atoms with van der Waals surface area (Å²) in [6.07, 6.45) is 2.50. The number of hydrogen-bond donors (Lipinski definition) is 1. The maximum absolute atomic E-state index is 10.8. The van der Waals surface area contributed by atoms with E-state index in [1.54, 1.807) is 24.3 Å². The summed E-state index contributed by atoms with van der Waals surface area (Å²) in [4.78, 5) is 15.5. The van der Waals surface area contributed by atoms with Crippen LogP contribution < -0.4 is 4.74 Å². The summed E-state index contributed by atoms with van der Waals surface area (Å²) < 4.78 is 5.69. The van der Waals surface area contributed by atoms with Gasteiger partial charge in [-0.05, 0) is 57.7 Å². The fraction of sp³-hybridized carbons (Fsp3) is 0.562. The lowest BCUT2D eigenvalue weighted by molar-refractivity contribution is 0.0697. The topological polar surface area (TPSA) is 53.0 Å². The minimum absolute atomic E-state index is 0.284. The Morgan fingerprint density at radius 1 is 1.38 bits per heavy atom. The number of aromatic carboxylic acids is 1. The molecule has 1 aliphatic heterocycles. The number of likely N-dealkylation sites (tertiary alicyclic amines) is 1. The number of nitrogens with zero attached hydrogens (tertiary/aromatic N) is 2. The van der Waals surface area contributed by atoms with Crippen LogP contribution in [0.4, 0.5) is 0 Å². The zero-order chi connectivity index (χ0) is 15.2. The molecule has 1 aromatic carbocycles. The van der Waals surface area contributed by atoms with Gasteiger partial charge in [0.15, 0.2) is 0 Å². The van der Waals surface area contributed by atoms with Crippen LogP contribution in [0.1, 0.15) is 23.2 Å². The van der Waals surface area contributed by atoms with Gasteiger partial charge in [-0.25, -0.2) is 4.79 Å². The van der Waals surface area contributed by atoms with E-state index in [1.807, 2.05) is 0 Å². The molecule has 5 heteroatoms. The first-order chi connectivity index (χ1) is 10.1. The van der Waals surface area contributed by atoms with Crippen LogP contribution in [0.15, 0.2) is 24.3 Å².